The highest BCUT2D eigenvalue weighted by atomic mass is 31.2. The molecule has 0 aromatic heterocycles. The molecular weight excluding hydrogens is 906 g/mol. The Morgan fingerprint density at radius 1 is 0.423 bits per heavy atom. The van der Waals surface area contributed by atoms with E-state index >= 15 is 0 Å². The summed E-state index contributed by atoms with van der Waals surface area (Å²) in [6.07, 6.45) is 75.6. The van der Waals surface area contributed by atoms with Gasteiger partial charge in [-0.25, -0.2) is 4.57 Å². The van der Waals surface area contributed by atoms with Crippen LogP contribution in [0.5, 0.6) is 0 Å². The lowest BCUT2D eigenvalue weighted by molar-refractivity contribution is -0.161. The van der Waals surface area contributed by atoms with Gasteiger partial charge in [0, 0.05) is 19.4 Å². The minimum atomic E-state index is -4.40. The third-order valence-corrected chi connectivity index (χ3v) is 12.6. The SMILES string of the molecule is CC/C=C\C/C=C\C/C=C\C/C=C\C/C=C\CCCCCCCCCCCCCC(=O)OC(COC(=O)CCCCCCCCCCCC/C=C\C/C=C\C/C=C\C/C=C\CC)COP(=O)(O)OCCN. The van der Waals surface area contributed by atoms with Crippen molar-refractivity contribution in [1.82, 2.24) is 0 Å². The summed E-state index contributed by atoms with van der Waals surface area (Å²) in [5.74, 6) is -0.839. The molecule has 10 heteroatoms. The maximum atomic E-state index is 12.7. The fourth-order valence-corrected chi connectivity index (χ4v) is 8.30. The van der Waals surface area contributed by atoms with E-state index in [4.69, 9.17) is 24.3 Å². The van der Waals surface area contributed by atoms with Gasteiger partial charge in [-0.05, 0) is 96.3 Å². The van der Waals surface area contributed by atoms with Crippen molar-refractivity contribution in [3.05, 3.63) is 109 Å². The quantitative estimate of drug-likeness (QED) is 0.0264. The van der Waals surface area contributed by atoms with Crippen LogP contribution in [0.2, 0.25) is 0 Å². The highest BCUT2D eigenvalue weighted by Gasteiger charge is 2.26. The van der Waals surface area contributed by atoms with Gasteiger partial charge in [0.1, 0.15) is 6.61 Å². The van der Waals surface area contributed by atoms with E-state index in [1.165, 1.54) is 83.5 Å². The Bertz CT molecular complexity index is 1530. The highest BCUT2D eigenvalue weighted by Crippen LogP contribution is 2.43. The van der Waals surface area contributed by atoms with Crippen LogP contribution >= 0.6 is 7.82 Å². The van der Waals surface area contributed by atoms with Gasteiger partial charge in [0.15, 0.2) is 6.10 Å². The van der Waals surface area contributed by atoms with E-state index in [2.05, 4.69) is 123 Å². The molecule has 2 unspecified atom stereocenters. The molecule has 0 bridgehead atoms. The Labute approximate surface area is 435 Å². The van der Waals surface area contributed by atoms with Crippen molar-refractivity contribution in [3.63, 3.8) is 0 Å². The number of phosphoric ester groups is 1. The lowest BCUT2D eigenvalue weighted by atomic mass is 10.0. The van der Waals surface area contributed by atoms with Gasteiger partial charge in [-0.2, -0.15) is 0 Å². The van der Waals surface area contributed by atoms with Gasteiger partial charge >= 0.3 is 19.8 Å². The first-order valence-electron chi connectivity index (χ1n) is 28.4. The number of nitrogens with two attached hydrogens (primary N) is 1. The largest absolute Gasteiger partial charge is 0.472 e. The first kappa shape index (κ1) is 67.7. The molecule has 71 heavy (non-hydrogen) atoms. The van der Waals surface area contributed by atoms with Gasteiger partial charge in [0.05, 0.1) is 13.2 Å². The molecule has 0 aliphatic carbocycles. The second kappa shape index (κ2) is 56.0. The Morgan fingerprint density at radius 2 is 0.732 bits per heavy atom. The van der Waals surface area contributed by atoms with Gasteiger partial charge in [-0.1, -0.05) is 232 Å². The number of carbonyl (C=O) groups excluding carboxylic acids is 2. The summed E-state index contributed by atoms with van der Waals surface area (Å²) in [6.45, 7) is 3.51. The van der Waals surface area contributed by atoms with Gasteiger partial charge in [0.25, 0.3) is 0 Å². The Balaban J connectivity index is 4.02. The number of unbranched alkanes of at least 4 members (excludes halogenated alkanes) is 21. The molecule has 0 aromatic rings. The average molecular weight is 1010 g/mol. The lowest BCUT2D eigenvalue weighted by Crippen LogP contribution is -2.29. The first-order chi connectivity index (χ1) is 34.8. The molecule has 0 rings (SSSR count). The number of rotatable bonds is 52. The predicted octanol–water partition coefficient (Wildman–Crippen LogP) is 17.8. The maximum absolute atomic E-state index is 12.7. The lowest BCUT2D eigenvalue weighted by Gasteiger charge is -2.19. The zero-order valence-corrected chi connectivity index (χ0v) is 46.1. The van der Waals surface area contributed by atoms with E-state index in [1.807, 2.05) is 0 Å². The maximum Gasteiger partial charge on any atom is 0.472 e. The van der Waals surface area contributed by atoms with E-state index in [0.29, 0.717) is 6.42 Å². The molecule has 0 aliphatic rings. The normalized spacial score (nSPS) is 13.9. The van der Waals surface area contributed by atoms with Crippen LogP contribution in [0.3, 0.4) is 0 Å². The number of ether oxygens (including phenoxy) is 2. The van der Waals surface area contributed by atoms with Crippen molar-refractivity contribution in [1.29, 1.82) is 0 Å². The summed E-state index contributed by atoms with van der Waals surface area (Å²) >= 11 is 0. The van der Waals surface area contributed by atoms with Crippen molar-refractivity contribution in [2.75, 3.05) is 26.4 Å². The molecule has 406 valence electrons. The van der Waals surface area contributed by atoms with Crippen molar-refractivity contribution in [3.8, 4) is 0 Å². The van der Waals surface area contributed by atoms with Crippen molar-refractivity contribution < 1.29 is 37.6 Å². The van der Waals surface area contributed by atoms with E-state index in [9.17, 15) is 19.0 Å². The van der Waals surface area contributed by atoms with E-state index in [1.54, 1.807) is 0 Å². The molecule has 0 saturated heterocycles. The molecular formula is C61H104NO8P. The fourth-order valence-electron chi connectivity index (χ4n) is 7.54. The third kappa shape index (κ3) is 55.8. The fraction of sp³-hybridized carbons (Fsp3) is 0.672. The van der Waals surface area contributed by atoms with E-state index in [-0.39, 0.29) is 38.6 Å². The van der Waals surface area contributed by atoms with E-state index < -0.39 is 26.5 Å². The van der Waals surface area contributed by atoms with Gasteiger partial charge in [-0.3, -0.25) is 18.6 Å². The molecule has 0 aliphatic heterocycles. The van der Waals surface area contributed by atoms with Crippen molar-refractivity contribution in [2.24, 2.45) is 5.73 Å². The minimum Gasteiger partial charge on any atom is -0.462 e. The summed E-state index contributed by atoms with van der Waals surface area (Å²) in [5.41, 5.74) is 5.38. The molecule has 0 aromatic carbocycles. The summed E-state index contributed by atoms with van der Waals surface area (Å²) in [6, 6.07) is 0. The Hall–Kier alpha value is -3.33. The van der Waals surface area contributed by atoms with Gasteiger partial charge in [0.2, 0.25) is 0 Å². The molecule has 0 heterocycles. The summed E-state index contributed by atoms with van der Waals surface area (Å²) in [7, 11) is -4.40. The first-order valence-corrected chi connectivity index (χ1v) is 29.9. The highest BCUT2D eigenvalue weighted by molar-refractivity contribution is 7.47. The molecule has 3 N–H and O–H groups in total. The molecule has 2 atom stereocenters. The Morgan fingerprint density at radius 3 is 1.08 bits per heavy atom. The number of esters is 2. The summed E-state index contributed by atoms with van der Waals surface area (Å²) < 4.78 is 33.0. The van der Waals surface area contributed by atoms with Crippen LogP contribution in [0.1, 0.15) is 232 Å². The average Bonchev–Trinajstić information content (AvgIpc) is 3.36. The zero-order valence-electron chi connectivity index (χ0n) is 45.2. The molecule has 0 fully saturated rings. The van der Waals surface area contributed by atoms with Gasteiger partial charge in [-0.15, -0.1) is 0 Å². The zero-order chi connectivity index (χ0) is 51.7. The number of phosphoric acid groups is 1. The molecule has 0 radical (unpaired) electrons. The third-order valence-electron chi connectivity index (χ3n) is 11.7. The van der Waals surface area contributed by atoms with Crippen LogP contribution in [0.25, 0.3) is 0 Å². The van der Waals surface area contributed by atoms with Crippen LogP contribution in [0, 0.1) is 0 Å². The Kier molecular flexibility index (Phi) is 53.3. The summed E-state index contributed by atoms with van der Waals surface area (Å²) in [5, 5.41) is 0. The predicted molar refractivity (Wildman–Crippen MR) is 302 cm³/mol. The van der Waals surface area contributed by atoms with Crippen LogP contribution in [0.15, 0.2) is 109 Å². The molecule has 0 spiro atoms. The monoisotopic (exact) mass is 1010 g/mol. The van der Waals surface area contributed by atoms with Crippen molar-refractivity contribution in [2.45, 2.75) is 238 Å². The van der Waals surface area contributed by atoms with Crippen molar-refractivity contribution >= 4 is 19.8 Å². The van der Waals surface area contributed by atoms with Crippen LogP contribution in [0.4, 0.5) is 0 Å². The summed E-state index contributed by atoms with van der Waals surface area (Å²) in [4.78, 5) is 35.2. The number of allylic oxidation sites excluding steroid dienone is 18. The minimum absolute atomic E-state index is 0.0472. The number of carbonyl (C=O) groups is 2. The molecule has 0 saturated carbocycles. The standard InChI is InChI=1S/C61H104NO8P/c1-3-5-7-9-11-13-15-17-19-21-23-25-27-28-29-30-32-34-36-38-40-42-44-46-48-50-52-54-61(64)70-59(58-69-71(65,66)68-56-55-62)57-67-60(63)53-51-49-47-45-43-41-39-37-35-33-31-26-24-22-20-18-16-14-12-10-8-6-4-2/h5-8,11-14,17-20,23-26,28-29,59H,3-4,9-10,15-16,21-22,27,30-58,62H2,1-2H3,(H,65,66)/b7-5-,8-6-,13-11-,14-12-,19-17-,20-18-,25-23-,26-24-,29-28-. The van der Waals surface area contributed by atoms with Gasteiger partial charge < -0.3 is 20.1 Å². The number of hydrogen-bond acceptors (Lipinski definition) is 8. The smallest absolute Gasteiger partial charge is 0.462 e. The molecule has 9 nitrogen and oxygen atoms in total. The van der Waals surface area contributed by atoms with E-state index in [0.717, 1.165) is 116 Å². The second-order valence-electron chi connectivity index (χ2n) is 18.4. The second-order valence-corrected chi connectivity index (χ2v) is 19.8. The van der Waals surface area contributed by atoms with Crippen LogP contribution < -0.4 is 5.73 Å². The molecule has 0 amide bonds. The van der Waals surface area contributed by atoms with Crippen LogP contribution in [-0.4, -0.2) is 49.3 Å². The van der Waals surface area contributed by atoms with Crippen LogP contribution in [-0.2, 0) is 32.7 Å². The topological polar surface area (TPSA) is 134 Å². The number of hydrogen-bond donors (Lipinski definition) is 2.